The maximum absolute atomic E-state index is 13.5. The van der Waals surface area contributed by atoms with Crippen LogP contribution in [0.3, 0.4) is 0 Å². The molecule has 0 saturated heterocycles. The lowest BCUT2D eigenvalue weighted by Gasteiger charge is -2.28. The fourth-order valence-electron chi connectivity index (χ4n) is 4.14. The first-order chi connectivity index (χ1) is 13.0. The first-order valence-corrected chi connectivity index (χ1v) is 11.4. The van der Waals surface area contributed by atoms with E-state index in [2.05, 4.69) is 5.32 Å². The van der Waals surface area contributed by atoms with Crippen LogP contribution in [-0.2, 0) is 29.7 Å². The fourth-order valence-corrected chi connectivity index (χ4v) is 6.42. The molecule has 0 radical (unpaired) electrons. The molecule has 0 aromatic heterocycles. The van der Waals surface area contributed by atoms with E-state index < -0.39 is 13.4 Å². The molecule has 2 aliphatic rings. The highest BCUT2D eigenvalue weighted by molar-refractivity contribution is 7.54. The Kier molecular flexibility index (Phi) is 6.42. The summed E-state index contributed by atoms with van der Waals surface area (Å²) in [4.78, 5) is 12.1. The second-order valence-electron chi connectivity index (χ2n) is 7.24. The molecule has 0 bridgehead atoms. The van der Waals surface area contributed by atoms with Crippen molar-refractivity contribution in [3.63, 3.8) is 0 Å². The topological polar surface area (TPSA) is 73.9 Å². The van der Waals surface area contributed by atoms with E-state index in [1.807, 2.05) is 51.1 Å². The number of hydrogen-bond donors (Lipinski definition) is 1. The lowest BCUT2D eigenvalue weighted by atomic mass is 10.2. The van der Waals surface area contributed by atoms with Gasteiger partial charge in [-0.2, -0.15) is 0 Å². The second kappa shape index (κ2) is 8.44. The first kappa shape index (κ1) is 20.5. The van der Waals surface area contributed by atoms with Gasteiger partial charge in [-0.05, 0) is 50.5 Å². The van der Waals surface area contributed by atoms with Gasteiger partial charge in [0.1, 0.15) is 5.78 Å². The Balaban J connectivity index is 1.75. The largest absolute Gasteiger partial charge is 0.466 e. The van der Waals surface area contributed by atoms with Crippen molar-refractivity contribution in [3.8, 4) is 0 Å². The van der Waals surface area contributed by atoms with Crippen LogP contribution in [0.15, 0.2) is 30.3 Å². The van der Waals surface area contributed by atoms with Gasteiger partial charge < -0.3 is 13.8 Å². The zero-order valence-electron chi connectivity index (χ0n) is 16.3. The van der Waals surface area contributed by atoms with Crippen molar-refractivity contribution in [2.45, 2.75) is 45.9 Å². The molecule has 1 aromatic rings. The number of carbonyl (C=O) groups excluding carboxylic acids is 1. The van der Waals surface area contributed by atoms with Crippen molar-refractivity contribution in [1.82, 2.24) is 5.32 Å². The zero-order valence-corrected chi connectivity index (χ0v) is 17.2. The van der Waals surface area contributed by atoms with Gasteiger partial charge in [-0.3, -0.25) is 14.7 Å². The highest BCUT2D eigenvalue weighted by Crippen LogP contribution is 2.79. The molecule has 4 unspecified atom stereocenters. The van der Waals surface area contributed by atoms with Crippen LogP contribution in [-0.4, -0.2) is 31.6 Å². The van der Waals surface area contributed by atoms with Crippen molar-refractivity contribution < 1.29 is 23.1 Å². The van der Waals surface area contributed by atoms with Gasteiger partial charge in [0.15, 0.2) is 0 Å². The number of nitrogens with one attached hydrogen (secondary N) is 1. The van der Waals surface area contributed by atoms with Crippen molar-refractivity contribution in [1.29, 1.82) is 0 Å². The number of rotatable bonds is 11. The average molecular weight is 395 g/mol. The number of hydrogen-bond acceptors (Lipinski definition) is 6. The molecule has 1 spiro atoms. The number of ether oxygens (including phenoxy) is 1. The van der Waals surface area contributed by atoms with Crippen molar-refractivity contribution in [2.75, 3.05) is 19.8 Å². The molecule has 2 aliphatic carbocycles. The minimum absolute atomic E-state index is 0.0832. The van der Waals surface area contributed by atoms with Crippen LogP contribution in [0.2, 0.25) is 0 Å². The van der Waals surface area contributed by atoms with E-state index in [1.165, 1.54) is 0 Å². The Labute approximate surface area is 161 Å². The average Bonchev–Trinajstić information content (AvgIpc) is 3.55. The van der Waals surface area contributed by atoms with Gasteiger partial charge in [-0.1, -0.05) is 30.3 Å². The van der Waals surface area contributed by atoms with E-state index >= 15 is 0 Å². The summed E-state index contributed by atoms with van der Waals surface area (Å²) in [5, 5.41) is 3.43. The third kappa shape index (κ3) is 4.29. The highest BCUT2D eigenvalue weighted by Gasteiger charge is 2.76. The Bertz CT molecular complexity index is 687. The Morgan fingerprint density at radius 3 is 2.41 bits per heavy atom. The summed E-state index contributed by atoms with van der Waals surface area (Å²) in [5.74, 6) is -0.541. The molecule has 0 amide bonds. The van der Waals surface area contributed by atoms with Crippen LogP contribution in [0.4, 0.5) is 0 Å². The number of carbonyl (C=O) groups is 1. The molecule has 1 aromatic carbocycles. The Morgan fingerprint density at radius 2 is 1.81 bits per heavy atom. The quantitative estimate of drug-likeness (QED) is 0.452. The van der Waals surface area contributed by atoms with Gasteiger partial charge in [0, 0.05) is 6.54 Å². The van der Waals surface area contributed by atoms with Gasteiger partial charge in [0.25, 0.3) is 0 Å². The van der Waals surface area contributed by atoms with Crippen LogP contribution in [0.5, 0.6) is 0 Å². The molecule has 7 heteroatoms. The predicted molar refractivity (Wildman–Crippen MR) is 103 cm³/mol. The molecule has 2 saturated carbocycles. The molecule has 1 N–H and O–H groups in total. The summed E-state index contributed by atoms with van der Waals surface area (Å²) in [6.07, 6.45) is 1.66. The normalized spacial score (nSPS) is 27.4. The van der Waals surface area contributed by atoms with E-state index in [9.17, 15) is 9.36 Å². The monoisotopic (exact) mass is 395 g/mol. The molecule has 2 fully saturated rings. The smallest absolute Gasteiger partial charge is 0.347 e. The van der Waals surface area contributed by atoms with Gasteiger partial charge >= 0.3 is 13.6 Å². The zero-order chi connectivity index (χ0) is 19.5. The van der Waals surface area contributed by atoms with Crippen LogP contribution in [0.1, 0.15) is 39.2 Å². The van der Waals surface area contributed by atoms with Crippen LogP contribution in [0.25, 0.3) is 0 Å². The third-order valence-corrected chi connectivity index (χ3v) is 8.03. The SMILES string of the molecule is CCOC(=O)C1CC12CC2C(NCc1ccccc1)P(=O)(OCC)OCC. The summed E-state index contributed by atoms with van der Waals surface area (Å²) in [5.41, 5.74) is 1.01. The lowest BCUT2D eigenvalue weighted by molar-refractivity contribution is -0.145. The van der Waals surface area contributed by atoms with Crippen LogP contribution in [0, 0.1) is 17.3 Å². The molecule has 27 heavy (non-hydrogen) atoms. The van der Waals surface area contributed by atoms with Gasteiger partial charge in [-0.15, -0.1) is 0 Å². The Morgan fingerprint density at radius 1 is 1.15 bits per heavy atom. The summed E-state index contributed by atoms with van der Waals surface area (Å²) in [6, 6.07) is 9.98. The molecule has 6 nitrogen and oxygen atoms in total. The molecule has 3 rings (SSSR count). The molecule has 0 heterocycles. The maximum Gasteiger partial charge on any atom is 0.347 e. The number of esters is 1. The second-order valence-corrected chi connectivity index (χ2v) is 9.39. The minimum atomic E-state index is -3.34. The van der Waals surface area contributed by atoms with E-state index in [1.54, 1.807) is 0 Å². The molecule has 0 aliphatic heterocycles. The maximum atomic E-state index is 13.5. The molecule has 150 valence electrons. The van der Waals surface area contributed by atoms with E-state index in [-0.39, 0.29) is 23.2 Å². The van der Waals surface area contributed by atoms with Crippen LogP contribution >= 0.6 is 7.60 Å². The summed E-state index contributed by atoms with van der Waals surface area (Å²) in [6.45, 7) is 7.07. The van der Waals surface area contributed by atoms with Gasteiger partial charge in [0.2, 0.25) is 0 Å². The third-order valence-electron chi connectivity index (χ3n) is 5.57. The molecular weight excluding hydrogens is 365 g/mol. The van der Waals surface area contributed by atoms with Gasteiger partial charge in [0.05, 0.1) is 25.7 Å². The van der Waals surface area contributed by atoms with Crippen molar-refractivity contribution in [3.05, 3.63) is 35.9 Å². The Hall–Kier alpha value is -1.20. The summed E-state index contributed by atoms with van der Waals surface area (Å²) < 4.78 is 30.0. The predicted octanol–water partition coefficient (Wildman–Crippen LogP) is 3.96. The summed E-state index contributed by atoms with van der Waals surface area (Å²) in [7, 11) is -3.34. The molecular formula is C20H30NO5P. The summed E-state index contributed by atoms with van der Waals surface area (Å²) >= 11 is 0. The van der Waals surface area contributed by atoms with E-state index in [4.69, 9.17) is 13.8 Å². The molecule has 4 atom stereocenters. The fraction of sp³-hybridized carbons (Fsp3) is 0.650. The minimum Gasteiger partial charge on any atom is -0.466 e. The number of benzene rings is 1. The van der Waals surface area contributed by atoms with Crippen molar-refractivity contribution in [2.24, 2.45) is 17.3 Å². The van der Waals surface area contributed by atoms with E-state index in [0.717, 1.165) is 18.4 Å². The lowest BCUT2D eigenvalue weighted by Crippen LogP contribution is -2.33. The van der Waals surface area contributed by atoms with E-state index in [0.29, 0.717) is 26.4 Å². The standard InChI is InChI=1S/C20H30NO5P/c1-4-24-19(22)17-13-20(17)12-16(20)18(27(23,25-5-2)26-6-3)21-14-15-10-8-7-9-11-15/h7-11,16-18,21H,4-6,12-14H2,1-3H3. The van der Waals surface area contributed by atoms with Crippen LogP contribution < -0.4 is 5.32 Å². The first-order valence-electron chi connectivity index (χ1n) is 9.83. The highest BCUT2D eigenvalue weighted by atomic mass is 31.2. The van der Waals surface area contributed by atoms with Gasteiger partial charge in [-0.25, -0.2) is 0 Å². The van der Waals surface area contributed by atoms with Crippen molar-refractivity contribution >= 4 is 13.6 Å².